The molecule has 10 heteroatoms. The number of hydrogen-bond donors (Lipinski definition) is 2. The molecule has 204 valence electrons. The van der Waals surface area contributed by atoms with Crippen molar-refractivity contribution in [2.45, 2.75) is 84.9 Å². The van der Waals surface area contributed by atoms with Crippen molar-refractivity contribution in [3.05, 3.63) is 39.5 Å². The average molecular weight is 515 g/mol. The number of hydrazone groups is 2. The Balaban J connectivity index is 1.82. The molecule has 2 fully saturated rings. The molecule has 1 aliphatic heterocycles. The van der Waals surface area contributed by atoms with E-state index in [1.165, 1.54) is 11.3 Å². The van der Waals surface area contributed by atoms with Gasteiger partial charge in [-0.05, 0) is 58.9 Å². The zero-order chi connectivity index (χ0) is 27.5. The highest BCUT2D eigenvalue weighted by molar-refractivity contribution is 5.99. The predicted octanol–water partition coefficient (Wildman–Crippen LogP) is 4.73. The molecule has 0 spiro atoms. The van der Waals surface area contributed by atoms with Crippen LogP contribution in [0.1, 0.15) is 78.8 Å². The van der Waals surface area contributed by atoms with Gasteiger partial charge in [-0.2, -0.15) is 15.3 Å². The summed E-state index contributed by atoms with van der Waals surface area (Å²) in [5.41, 5.74) is 1.92. The van der Waals surface area contributed by atoms with Gasteiger partial charge in [0.05, 0.1) is 23.2 Å². The van der Waals surface area contributed by atoms with Gasteiger partial charge in [-0.15, -0.1) is 0 Å². The Morgan fingerprint density at radius 2 is 2.00 bits per heavy atom. The molecule has 10 nitrogen and oxygen atoms in total. The molecule has 2 heterocycles. The quantitative estimate of drug-likeness (QED) is 0.295. The summed E-state index contributed by atoms with van der Waals surface area (Å²) in [6.45, 7) is 11.9. The van der Waals surface area contributed by atoms with Crippen LogP contribution in [0.25, 0.3) is 0 Å². The minimum Gasteiger partial charge on any atom is -0.512 e. The number of pyridine rings is 1. The van der Waals surface area contributed by atoms with E-state index in [9.17, 15) is 14.7 Å². The van der Waals surface area contributed by atoms with E-state index >= 15 is 0 Å². The van der Waals surface area contributed by atoms with Gasteiger partial charge in [-0.25, -0.2) is 4.79 Å². The monoisotopic (exact) mass is 514 g/mol. The average Bonchev–Trinajstić information content (AvgIpc) is 3.45. The molecule has 3 unspecified atom stereocenters. The Labute approximate surface area is 219 Å². The zero-order valence-corrected chi connectivity index (χ0v) is 23.4. The summed E-state index contributed by atoms with van der Waals surface area (Å²) in [5.74, 6) is 0.498. The lowest BCUT2D eigenvalue weighted by Gasteiger charge is -2.34. The lowest BCUT2D eigenvalue weighted by molar-refractivity contribution is 0.0165. The normalized spacial score (nSPS) is 22.4. The van der Waals surface area contributed by atoms with Crippen LogP contribution in [0, 0.1) is 5.92 Å². The van der Waals surface area contributed by atoms with Gasteiger partial charge in [0.1, 0.15) is 5.60 Å². The van der Waals surface area contributed by atoms with E-state index < -0.39 is 5.60 Å². The number of anilines is 1. The second-order valence-electron chi connectivity index (χ2n) is 10.8. The third-order valence-electron chi connectivity index (χ3n) is 7.07. The maximum absolute atomic E-state index is 13.6. The number of ether oxygens (including phenoxy) is 1. The molecule has 1 saturated heterocycles. The minimum absolute atomic E-state index is 0.0153. The number of hydrogen-bond acceptors (Lipinski definition) is 8. The van der Waals surface area contributed by atoms with Gasteiger partial charge in [-0.3, -0.25) is 4.79 Å². The summed E-state index contributed by atoms with van der Waals surface area (Å²) in [5, 5.41) is 23.5. The number of nitrogens with zero attached hydrogens (tertiary/aromatic N) is 5. The van der Waals surface area contributed by atoms with Crippen LogP contribution in [0.4, 0.5) is 10.5 Å². The first kappa shape index (κ1) is 28.3. The van der Waals surface area contributed by atoms with E-state index in [1.54, 1.807) is 18.7 Å². The summed E-state index contributed by atoms with van der Waals surface area (Å²) < 4.78 is 7.36. The number of amides is 1. The molecule has 0 radical (unpaired) electrons. The molecular formula is C27H42N6O4. The topological polar surface area (TPSA) is 112 Å². The van der Waals surface area contributed by atoms with Gasteiger partial charge >= 0.3 is 6.09 Å². The number of carbonyl (C=O) groups is 1. The van der Waals surface area contributed by atoms with Gasteiger partial charge in [0.25, 0.3) is 5.56 Å². The Morgan fingerprint density at radius 1 is 1.30 bits per heavy atom. The number of aromatic nitrogens is 1. The minimum atomic E-state index is -0.535. The van der Waals surface area contributed by atoms with Crippen LogP contribution in [0.15, 0.2) is 38.6 Å². The van der Waals surface area contributed by atoms with Crippen LogP contribution in [0.2, 0.25) is 0 Å². The smallest absolute Gasteiger partial charge is 0.410 e. The molecule has 2 bridgehead atoms. The number of carbonyl (C=O) groups excluding carboxylic acids is 1. The van der Waals surface area contributed by atoms with Crippen molar-refractivity contribution in [3.63, 3.8) is 0 Å². The van der Waals surface area contributed by atoms with Gasteiger partial charge in [0.15, 0.2) is 0 Å². The Kier molecular flexibility index (Phi) is 8.71. The van der Waals surface area contributed by atoms with E-state index in [1.807, 2.05) is 58.7 Å². The van der Waals surface area contributed by atoms with Crippen LogP contribution in [-0.2, 0) is 4.74 Å². The predicted molar refractivity (Wildman–Crippen MR) is 147 cm³/mol. The van der Waals surface area contributed by atoms with Crippen molar-refractivity contribution in [2.24, 2.45) is 16.1 Å². The van der Waals surface area contributed by atoms with Gasteiger partial charge in [0, 0.05) is 56.6 Å². The summed E-state index contributed by atoms with van der Waals surface area (Å²) in [6.07, 6.45) is 5.83. The first-order chi connectivity index (χ1) is 17.4. The molecule has 1 amide bonds. The number of allylic oxidation sites excluding steroid dienone is 2. The highest BCUT2D eigenvalue weighted by atomic mass is 16.6. The van der Waals surface area contributed by atoms with E-state index in [2.05, 4.69) is 15.5 Å². The Morgan fingerprint density at radius 3 is 2.54 bits per heavy atom. The van der Waals surface area contributed by atoms with E-state index in [4.69, 9.17) is 4.74 Å². The second-order valence-corrected chi connectivity index (χ2v) is 10.8. The van der Waals surface area contributed by atoms with Crippen molar-refractivity contribution < 1.29 is 14.6 Å². The molecule has 37 heavy (non-hydrogen) atoms. The second kappa shape index (κ2) is 11.4. The third kappa shape index (κ3) is 6.34. The van der Waals surface area contributed by atoms with Crippen molar-refractivity contribution in [1.29, 1.82) is 0 Å². The lowest BCUT2D eigenvalue weighted by Crippen LogP contribution is -2.44. The van der Waals surface area contributed by atoms with E-state index in [0.29, 0.717) is 36.4 Å². The molecule has 3 rings (SSSR count). The fourth-order valence-corrected chi connectivity index (χ4v) is 5.17. The summed E-state index contributed by atoms with van der Waals surface area (Å²) in [7, 11) is 3.47. The number of rotatable bonds is 8. The highest BCUT2D eigenvalue weighted by Gasteiger charge is 2.48. The molecule has 3 atom stereocenters. The Bertz CT molecular complexity index is 1150. The molecule has 2 aliphatic rings. The van der Waals surface area contributed by atoms with Gasteiger partial charge in [-0.1, -0.05) is 13.8 Å². The van der Waals surface area contributed by atoms with E-state index in [0.717, 1.165) is 24.1 Å². The maximum Gasteiger partial charge on any atom is 0.410 e. The lowest BCUT2D eigenvalue weighted by atomic mass is 10.0. The molecular weight excluding hydrogens is 472 g/mol. The number of fused-ring (bicyclic) bond motifs is 2. The SMILES string of the molecule is CCC(=N\N(C)/N=C/c1c(NC)ccn(C2CC3CC2CN3C(=O)OC(C)(C)C)c1=O)/C(C)=C(/O)CC. The highest BCUT2D eigenvalue weighted by Crippen LogP contribution is 2.45. The van der Waals surface area contributed by atoms with Crippen molar-refractivity contribution >= 4 is 23.7 Å². The Hall–Kier alpha value is -3.30. The number of aliphatic hydroxyl groups is 1. The first-order valence-corrected chi connectivity index (χ1v) is 13.1. The standard InChI is InChI=1S/C27H42N6O4/c1-9-21(17(3)24(34)10-2)30-31(8)29-15-20-22(28-7)11-12-32(25(20)35)23-14-19-13-18(23)16-33(19)26(36)37-27(4,5)6/h11-12,15,18-19,23,28,34H,9-10,13-14,16H2,1-8H3/b24-17+,29-15+,30-21+. The van der Waals surface area contributed by atoms with Gasteiger partial charge in [0.2, 0.25) is 0 Å². The van der Waals surface area contributed by atoms with Crippen LogP contribution in [0.5, 0.6) is 0 Å². The summed E-state index contributed by atoms with van der Waals surface area (Å²) in [4.78, 5) is 28.0. The number of aliphatic hydroxyl groups excluding tert-OH is 1. The van der Waals surface area contributed by atoms with Crippen molar-refractivity contribution in [1.82, 2.24) is 14.6 Å². The van der Waals surface area contributed by atoms with Crippen molar-refractivity contribution in [3.8, 4) is 0 Å². The van der Waals surface area contributed by atoms with Crippen LogP contribution in [-0.4, -0.2) is 70.0 Å². The fraction of sp³-hybridized carbons (Fsp3) is 0.630. The molecule has 0 aromatic carbocycles. The third-order valence-corrected chi connectivity index (χ3v) is 7.07. The first-order valence-electron chi connectivity index (χ1n) is 13.1. The summed E-state index contributed by atoms with van der Waals surface area (Å²) in [6, 6.07) is 1.97. The van der Waals surface area contributed by atoms with E-state index in [-0.39, 0.29) is 29.7 Å². The molecule has 1 aromatic rings. The van der Waals surface area contributed by atoms with Crippen molar-refractivity contribution in [2.75, 3.05) is 26.0 Å². The molecule has 1 aromatic heterocycles. The molecule has 1 aliphatic carbocycles. The zero-order valence-electron chi connectivity index (χ0n) is 23.4. The summed E-state index contributed by atoms with van der Waals surface area (Å²) >= 11 is 0. The fourth-order valence-electron chi connectivity index (χ4n) is 5.17. The molecule has 2 N–H and O–H groups in total. The van der Waals surface area contributed by atoms with Crippen LogP contribution in [0.3, 0.4) is 0 Å². The van der Waals surface area contributed by atoms with Crippen LogP contribution >= 0.6 is 0 Å². The van der Waals surface area contributed by atoms with Crippen LogP contribution < -0.4 is 10.9 Å². The largest absolute Gasteiger partial charge is 0.512 e. The molecule has 1 saturated carbocycles. The maximum atomic E-state index is 13.6. The number of likely N-dealkylation sites (tertiary alicyclic amines) is 1. The number of nitrogens with one attached hydrogen (secondary N) is 1. The number of piperidine rings is 1. The van der Waals surface area contributed by atoms with Gasteiger partial charge < -0.3 is 24.6 Å².